The molecule has 0 N–H and O–H groups in total. The van der Waals surface area contributed by atoms with Crippen molar-refractivity contribution in [2.24, 2.45) is 0 Å². The zero-order valence-corrected chi connectivity index (χ0v) is 8.92. The zero-order valence-electron chi connectivity index (χ0n) is 8.92. The minimum atomic E-state index is 0.152. The first-order valence-corrected chi connectivity index (χ1v) is 5.31. The largest absolute Gasteiger partial charge is 0.381 e. The van der Waals surface area contributed by atoms with E-state index in [-0.39, 0.29) is 6.10 Å². The van der Waals surface area contributed by atoms with Crippen molar-refractivity contribution in [1.82, 2.24) is 0 Å². The Morgan fingerprint density at radius 3 is 2.46 bits per heavy atom. The van der Waals surface area contributed by atoms with Crippen LogP contribution in [0, 0.1) is 0 Å². The molecule has 0 spiro atoms. The number of unbranched alkanes of at least 4 members (excludes halogenated alkanes) is 4. The molecule has 0 fully saturated rings. The van der Waals surface area contributed by atoms with Crippen molar-refractivity contribution in [2.75, 3.05) is 7.11 Å². The van der Waals surface area contributed by atoms with E-state index in [0.29, 0.717) is 6.42 Å². The number of carbonyl (C=O) groups is 1. The van der Waals surface area contributed by atoms with Crippen molar-refractivity contribution in [3.63, 3.8) is 0 Å². The van der Waals surface area contributed by atoms with E-state index < -0.39 is 0 Å². The lowest BCUT2D eigenvalue weighted by molar-refractivity contribution is -0.110. The Balaban J connectivity index is 3.22. The van der Waals surface area contributed by atoms with Gasteiger partial charge in [0.2, 0.25) is 0 Å². The smallest absolute Gasteiger partial charge is 0.122 e. The number of hydrogen-bond donors (Lipinski definition) is 0. The molecule has 0 aliphatic heterocycles. The van der Waals surface area contributed by atoms with Gasteiger partial charge in [0.1, 0.15) is 6.29 Å². The van der Waals surface area contributed by atoms with Crippen LogP contribution in [0.1, 0.15) is 51.9 Å². The number of aldehydes is 1. The maximum Gasteiger partial charge on any atom is 0.122 e. The molecule has 78 valence electrons. The number of rotatable bonds is 9. The molecular formula is C11H22O2. The van der Waals surface area contributed by atoms with Crippen molar-refractivity contribution < 1.29 is 9.53 Å². The van der Waals surface area contributed by atoms with E-state index >= 15 is 0 Å². The quantitative estimate of drug-likeness (QED) is 0.409. The summed E-state index contributed by atoms with van der Waals surface area (Å²) in [5.41, 5.74) is 0. The van der Waals surface area contributed by atoms with Gasteiger partial charge in [0.05, 0.1) is 6.10 Å². The van der Waals surface area contributed by atoms with Crippen LogP contribution >= 0.6 is 0 Å². The molecule has 0 aromatic heterocycles. The van der Waals surface area contributed by atoms with Gasteiger partial charge < -0.3 is 9.53 Å². The predicted molar refractivity (Wildman–Crippen MR) is 54.9 cm³/mol. The molecule has 0 bridgehead atoms. The lowest BCUT2D eigenvalue weighted by Crippen LogP contribution is -2.10. The van der Waals surface area contributed by atoms with Gasteiger partial charge in [-0.3, -0.25) is 0 Å². The van der Waals surface area contributed by atoms with Crippen LogP contribution in [-0.2, 0) is 9.53 Å². The molecule has 0 heterocycles. The summed E-state index contributed by atoms with van der Waals surface area (Å²) in [5, 5.41) is 0. The highest BCUT2D eigenvalue weighted by Gasteiger charge is 2.04. The Labute approximate surface area is 81.7 Å². The maximum atomic E-state index is 10.2. The number of methoxy groups -OCH3 is 1. The van der Waals surface area contributed by atoms with Gasteiger partial charge in [0.15, 0.2) is 0 Å². The first kappa shape index (κ1) is 12.6. The average molecular weight is 186 g/mol. The normalized spacial score (nSPS) is 12.8. The van der Waals surface area contributed by atoms with Crippen LogP contribution < -0.4 is 0 Å². The Morgan fingerprint density at radius 2 is 1.92 bits per heavy atom. The van der Waals surface area contributed by atoms with E-state index in [1.807, 2.05) is 0 Å². The second-order valence-corrected chi connectivity index (χ2v) is 3.46. The van der Waals surface area contributed by atoms with Crippen LogP contribution in [0.2, 0.25) is 0 Å². The molecule has 1 unspecified atom stereocenters. The molecule has 0 radical (unpaired) electrons. The van der Waals surface area contributed by atoms with Gasteiger partial charge in [-0.25, -0.2) is 0 Å². The Kier molecular flexibility index (Phi) is 9.44. The summed E-state index contributed by atoms with van der Waals surface area (Å²) in [4.78, 5) is 10.2. The summed E-state index contributed by atoms with van der Waals surface area (Å²) < 4.78 is 5.17. The minimum absolute atomic E-state index is 0.152. The van der Waals surface area contributed by atoms with E-state index in [1.54, 1.807) is 7.11 Å². The molecule has 13 heavy (non-hydrogen) atoms. The lowest BCUT2D eigenvalue weighted by atomic mass is 10.1. The third kappa shape index (κ3) is 7.97. The zero-order chi connectivity index (χ0) is 9.94. The van der Waals surface area contributed by atoms with Crippen molar-refractivity contribution >= 4 is 6.29 Å². The molecule has 0 aromatic carbocycles. The Bertz CT molecular complexity index is 113. The molecule has 1 atom stereocenters. The monoisotopic (exact) mass is 186 g/mol. The van der Waals surface area contributed by atoms with Crippen LogP contribution in [0.5, 0.6) is 0 Å². The molecule has 0 rings (SSSR count). The summed E-state index contributed by atoms with van der Waals surface area (Å²) in [6, 6.07) is 0. The van der Waals surface area contributed by atoms with Gasteiger partial charge in [0, 0.05) is 13.5 Å². The Hall–Kier alpha value is -0.370. The first-order chi connectivity index (χ1) is 6.35. The third-order valence-electron chi connectivity index (χ3n) is 2.32. The third-order valence-corrected chi connectivity index (χ3v) is 2.32. The van der Waals surface area contributed by atoms with E-state index in [9.17, 15) is 4.79 Å². The fraction of sp³-hybridized carbons (Fsp3) is 0.909. The van der Waals surface area contributed by atoms with Crippen LogP contribution in [0.15, 0.2) is 0 Å². The summed E-state index contributed by atoms with van der Waals surface area (Å²) in [6.07, 6.45) is 9.04. The molecule has 0 saturated carbocycles. The fourth-order valence-electron chi connectivity index (χ4n) is 1.41. The lowest BCUT2D eigenvalue weighted by Gasteiger charge is -2.11. The number of hydrogen-bond acceptors (Lipinski definition) is 2. The van der Waals surface area contributed by atoms with Gasteiger partial charge in [-0.15, -0.1) is 0 Å². The second kappa shape index (κ2) is 9.72. The standard InChI is InChI=1S/C11H22O2/c1-3-4-5-6-7-8-11(13-2)9-10-12/h10-11H,3-9H2,1-2H3. The highest BCUT2D eigenvalue weighted by molar-refractivity contribution is 5.50. The molecule has 0 saturated heterocycles. The SMILES string of the molecule is CCCCCCCC(CC=O)OC. The highest BCUT2D eigenvalue weighted by atomic mass is 16.5. The van der Waals surface area contributed by atoms with Crippen LogP contribution in [-0.4, -0.2) is 19.5 Å². The molecule has 2 heteroatoms. The Morgan fingerprint density at radius 1 is 1.23 bits per heavy atom. The van der Waals surface area contributed by atoms with Crippen molar-refractivity contribution in [1.29, 1.82) is 0 Å². The predicted octanol–water partition coefficient (Wildman–Crippen LogP) is 2.95. The summed E-state index contributed by atoms with van der Waals surface area (Å²) >= 11 is 0. The highest BCUT2D eigenvalue weighted by Crippen LogP contribution is 2.10. The summed E-state index contributed by atoms with van der Waals surface area (Å²) in [7, 11) is 1.68. The second-order valence-electron chi connectivity index (χ2n) is 3.46. The average Bonchev–Trinajstić information content (AvgIpc) is 2.16. The summed E-state index contributed by atoms with van der Waals surface area (Å²) in [5.74, 6) is 0. The molecule has 0 aliphatic carbocycles. The maximum absolute atomic E-state index is 10.2. The van der Waals surface area contributed by atoms with E-state index in [0.717, 1.165) is 12.7 Å². The van der Waals surface area contributed by atoms with Crippen molar-refractivity contribution in [2.45, 2.75) is 58.0 Å². The number of carbonyl (C=O) groups excluding carboxylic acids is 1. The fourth-order valence-corrected chi connectivity index (χ4v) is 1.41. The molecule has 2 nitrogen and oxygen atoms in total. The van der Waals surface area contributed by atoms with Crippen molar-refractivity contribution in [3.8, 4) is 0 Å². The molecule has 0 aromatic rings. The topological polar surface area (TPSA) is 26.3 Å². The molecule has 0 aliphatic rings. The van der Waals surface area contributed by atoms with E-state index in [1.165, 1.54) is 32.1 Å². The van der Waals surface area contributed by atoms with E-state index in [4.69, 9.17) is 4.74 Å². The van der Waals surface area contributed by atoms with Crippen LogP contribution in [0.4, 0.5) is 0 Å². The van der Waals surface area contributed by atoms with Gasteiger partial charge in [0.25, 0.3) is 0 Å². The first-order valence-electron chi connectivity index (χ1n) is 5.31. The van der Waals surface area contributed by atoms with Gasteiger partial charge in [-0.05, 0) is 6.42 Å². The van der Waals surface area contributed by atoms with Gasteiger partial charge >= 0.3 is 0 Å². The van der Waals surface area contributed by atoms with Crippen LogP contribution in [0.3, 0.4) is 0 Å². The minimum Gasteiger partial charge on any atom is -0.381 e. The molecular weight excluding hydrogens is 164 g/mol. The number of ether oxygens (including phenoxy) is 1. The summed E-state index contributed by atoms with van der Waals surface area (Å²) in [6.45, 7) is 2.21. The van der Waals surface area contributed by atoms with Gasteiger partial charge in [-0.2, -0.15) is 0 Å². The molecule has 0 amide bonds. The van der Waals surface area contributed by atoms with Gasteiger partial charge in [-0.1, -0.05) is 39.0 Å². The van der Waals surface area contributed by atoms with E-state index in [2.05, 4.69) is 6.92 Å². The van der Waals surface area contributed by atoms with Crippen LogP contribution in [0.25, 0.3) is 0 Å². The van der Waals surface area contributed by atoms with Crippen molar-refractivity contribution in [3.05, 3.63) is 0 Å².